The lowest BCUT2D eigenvalue weighted by Crippen LogP contribution is -2.43. The Labute approximate surface area is 97.1 Å². The van der Waals surface area contributed by atoms with Crippen LogP contribution >= 0.6 is 0 Å². The van der Waals surface area contributed by atoms with E-state index >= 15 is 0 Å². The molecule has 0 bridgehead atoms. The van der Waals surface area contributed by atoms with Crippen LogP contribution in [-0.4, -0.2) is 38.3 Å². The lowest BCUT2D eigenvalue weighted by molar-refractivity contribution is -0.123. The average molecular weight is 226 g/mol. The summed E-state index contributed by atoms with van der Waals surface area (Å²) in [6.45, 7) is 1.67. The molecule has 2 N–H and O–H groups in total. The van der Waals surface area contributed by atoms with E-state index in [-0.39, 0.29) is 18.1 Å². The molecule has 92 valence electrons. The topological polar surface area (TPSA) is 50.4 Å². The van der Waals surface area contributed by atoms with Crippen molar-refractivity contribution in [3.05, 3.63) is 0 Å². The zero-order valence-corrected chi connectivity index (χ0v) is 10.00. The fourth-order valence-corrected chi connectivity index (χ4v) is 2.79. The highest BCUT2D eigenvalue weighted by Crippen LogP contribution is 2.27. The van der Waals surface area contributed by atoms with Crippen LogP contribution in [0, 0.1) is 5.92 Å². The van der Waals surface area contributed by atoms with Gasteiger partial charge in [-0.15, -0.1) is 0 Å². The second kappa shape index (κ2) is 5.64. The third kappa shape index (κ3) is 2.95. The number of carbonyl (C=O) groups excluding carboxylic acids is 1. The van der Waals surface area contributed by atoms with Crippen LogP contribution in [-0.2, 0) is 9.53 Å². The van der Waals surface area contributed by atoms with E-state index in [0.29, 0.717) is 12.3 Å². The maximum atomic E-state index is 11.8. The van der Waals surface area contributed by atoms with Crippen molar-refractivity contribution in [3.63, 3.8) is 0 Å². The average Bonchev–Trinajstić information content (AvgIpc) is 2.88. The van der Waals surface area contributed by atoms with E-state index < -0.39 is 0 Å². The molecule has 0 aromatic carbocycles. The van der Waals surface area contributed by atoms with Gasteiger partial charge in [0.25, 0.3) is 0 Å². The van der Waals surface area contributed by atoms with Crippen LogP contribution in [0.4, 0.5) is 0 Å². The first-order chi connectivity index (χ1) is 7.79. The molecule has 1 saturated carbocycles. The zero-order chi connectivity index (χ0) is 11.4. The Morgan fingerprint density at radius 3 is 2.81 bits per heavy atom. The van der Waals surface area contributed by atoms with E-state index in [2.05, 4.69) is 10.6 Å². The first kappa shape index (κ1) is 11.9. The molecule has 4 heteroatoms. The molecule has 2 aliphatic rings. The number of ether oxygens (including phenoxy) is 1. The zero-order valence-electron chi connectivity index (χ0n) is 10.00. The Kier molecular flexibility index (Phi) is 4.18. The van der Waals surface area contributed by atoms with Crippen molar-refractivity contribution in [2.75, 3.05) is 20.2 Å². The monoisotopic (exact) mass is 226 g/mol. The quantitative estimate of drug-likeness (QED) is 0.741. The van der Waals surface area contributed by atoms with Crippen molar-refractivity contribution in [2.24, 2.45) is 5.92 Å². The standard InChI is InChI=1S/C12H22N2O2/c1-16-11-8-13-7-10(11)14-12(15)6-9-4-2-3-5-9/h9-11,13H,2-8H2,1H3,(H,14,15). The number of hydrogen-bond donors (Lipinski definition) is 2. The molecule has 4 nitrogen and oxygen atoms in total. The highest BCUT2D eigenvalue weighted by Gasteiger charge is 2.29. The molecular weight excluding hydrogens is 204 g/mol. The Hall–Kier alpha value is -0.610. The van der Waals surface area contributed by atoms with Crippen LogP contribution in [0.5, 0.6) is 0 Å². The van der Waals surface area contributed by atoms with Crippen LogP contribution < -0.4 is 10.6 Å². The summed E-state index contributed by atoms with van der Waals surface area (Å²) in [6, 6.07) is 0.152. The van der Waals surface area contributed by atoms with Gasteiger partial charge < -0.3 is 15.4 Å². The molecule has 2 unspecified atom stereocenters. The minimum absolute atomic E-state index is 0.132. The Bertz CT molecular complexity index is 239. The van der Waals surface area contributed by atoms with Gasteiger partial charge in [0.1, 0.15) is 0 Å². The summed E-state index contributed by atoms with van der Waals surface area (Å²) in [4.78, 5) is 11.8. The summed E-state index contributed by atoms with van der Waals surface area (Å²) in [5.41, 5.74) is 0. The van der Waals surface area contributed by atoms with Crippen molar-refractivity contribution >= 4 is 5.91 Å². The minimum Gasteiger partial charge on any atom is -0.378 e. The molecular formula is C12H22N2O2. The van der Waals surface area contributed by atoms with Gasteiger partial charge in [0, 0.05) is 26.6 Å². The lowest BCUT2D eigenvalue weighted by atomic mass is 10.0. The second-order valence-corrected chi connectivity index (χ2v) is 4.96. The summed E-state index contributed by atoms with van der Waals surface area (Å²) in [5.74, 6) is 0.818. The van der Waals surface area contributed by atoms with Crippen LogP contribution in [0.15, 0.2) is 0 Å². The normalized spacial score (nSPS) is 30.8. The summed E-state index contributed by atoms with van der Waals surface area (Å²) >= 11 is 0. The predicted molar refractivity (Wildman–Crippen MR) is 62.2 cm³/mol. The van der Waals surface area contributed by atoms with Crippen LogP contribution in [0.25, 0.3) is 0 Å². The molecule has 2 atom stereocenters. The maximum absolute atomic E-state index is 11.8. The minimum atomic E-state index is 0.132. The number of amides is 1. The highest BCUT2D eigenvalue weighted by atomic mass is 16.5. The fraction of sp³-hybridized carbons (Fsp3) is 0.917. The van der Waals surface area contributed by atoms with Gasteiger partial charge in [-0.2, -0.15) is 0 Å². The summed E-state index contributed by atoms with van der Waals surface area (Å²) in [6.07, 6.45) is 5.88. The van der Waals surface area contributed by atoms with E-state index in [4.69, 9.17) is 4.74 Å². The molecule has 16 heavy (non-hydrogen) atoms. The fourth-order valence-electron chi connectivity index (χ4n) is 2.79. The lowest BCUT2D eigenvalue weighted by Gasteiger charge is -2.19. The van der Waals surface area contributed by atoms with Gasteiger partial charge >= 0.3 is 0 Å². The van der Waals surface area contributed by atoms with E-state index in [1.54, 1.807) is 7.11 Å². The summed E-state index contributed by atoms with van der Waals surface area (Å²) < 4.78 is 5.32. The molecule has 1 saturated heterocycles. The van der Waals surface area contributed by atoms with Crippen LogP contribution in [0.3, 0.4) is 0 Å². The molecule has 2 rings (SSSR count). The summed E-state index contributed by atoms with van der Waals surface area (Å²) in [7, 11) is 1.70. The van der Waals surface area contributed by atoms with Gasteiger partial charge in [-0.3, -0.25) is 4.79 Å². The molecule has 1 aliphatic carbocycles. The summed E-state index contributed by atoms with van der Waals surface area (Å²) in [5, 5.41) is 6.31. The molecule has 1 aliphatic heterocycles. The Morgan fingerprint density at radius 2 is 2.12 bits per heavy atom. The molecule has 0 spiro atoms. The van der Waals surface area contributed by atoms with Gasteiger partial charge in [0.15, 0.2) is 0 Å². The SMILES string of the molecule is COC1CNCC1NC(=O)CC1CCCC1. The molecule has 2 fully saturated rings. The highest BCUT2D eigenvalue weighted by molar-refractivity contribution is 5.76. The van der Waals surface area contributed by atoms with Crippen LogP contribution in [0.2, 0.25) is 0 Å². The molecule has 0 aromatic heterocycles. The van der Waals surface area contributed by atoms with E-state index in [1.807, 2.05) is 0 Å². The van der Waals surface area contributed by atoms with Gasteiger partial charge in [-0.25, -0.2) is 0 Å². The number of hydrogen-bond acceptors (Lipinski definition) is 3. The Balaban J connectivity index is 1.73. The second-order valence-electron chi connectivity index (χ2n) is 4.96. The number of nitrogens with one attached hydrogen (secondary N) is 2. The van der Waals surface area contributed by atoms with E-state index in [0.717, 1.165) is 13.1 Å². The first-order valence-corrected chi connectivity index (χ1v) is 6.32. The molecule has 0 radical (unpaired) electrons. The van der Waals surface area contributed by atoms with Gasteiger partial charge in [-0.1, -0.05) is 12.8 Å². The molecule has 1 amide bonds. The third-order valence-corrected chi connectivity index (χ3v) is 3.76. The van der Waals surface area contributed by atoms with Gasteiger partial charge in [-0.05, 0) is 18.8 Å². The van der Waals surface area contributed by atoms with Crippen molar-refractivity contribution in [1.29, 1.82) is 0 Å². The van der Waals surface area contributed by atoms with Crippen molar-refractivity contribution in [3.8, 4) is 0 Å². The van der Waals surface area contributed by atoms with Gasteiger partial charge in [0.2, 0.25) is 5.91 Å². The van der Waals surface area contributed by atoms with Crippen molar-refractivity contribution < 1.29 is 9.53 Å². The number of carbonyl (C=O) groups is 1. The molecule has 1 heterocycles. The largest absolute Gasteiger partial charge is 0.378 e. The smallest absolute Gasteiger partial charge is 0.220 e. The maximum Gasteiger partial charge on any atom is 0.220 e. The Morgan fingerprint density at radius 1 is 1.38 bits per heavy atom. The van der Waals surface area contributed by atoms with Crippen molar-refractivity contribution in [1.82, 2.24) is 10.6 Å². The molecule has 0 aromatic rings. The number of methoxy groups -OCH3 is 1. The van der Waals surface area contributed by atoms with Gasteiger partial charge in [0.05, 0.1) is 12.1 Å². The van der Waals surface area contributed by atoms with E-state index in [1.165, 1.54) is 25.7 Å². The number of rotatable bonds is 4. The van der Waals surface area contributed by atoms with Crippen molar-refractivity contribution in [2.45, 2.75) is 44.2 Å². The van der Waals surface area contributed by atoms with Crippen LogP contribution in [0.1, 0.15) is 32.1 Å². The predicted octanol–water partition coefficient (Wildman–Crippen LogP) is 0.670. The van der Waals surface area contributed by atoms with E-state index in [9.17, 15) is 4.79 Å². The first-order valence-electron chi connectivity index (χ1n) is 6.32. The third-order valence-electron chi connectivity index (χ3n) is 3.76.